The number of nitrogens with zero attached hydrogens (tertiary/aromatic N) is 5. The summed E-state index contributed by atoms with van der Waals surface area (Å²) in [4.78, 5) is 74.5. The first kappa shape index (κ1) is 48.0. The maximum atomic E-state index is 14.7. The lowest BCUT2D eigenvalue weighted by molar-refractivity contribution is -0.155. The molecule has 14 heteroatoms. The van der Waals surface area contributed by atoms with Gasteiger partial charge in [-0.15, -0.1) is 0 Å². The van der Waals surface area contributed by atoms with Gasteiger partial charge in [0.2, 0.25) is 17.7 Å². The predicted octanol–water partition coefficient (Wildman–Crippen LogP) is 5.93. The van der Waals surface area contributed by atoms with Crippen LogP contribution in [-0.2, 0) is 54.6 Å². The number of aromatic hydroxyl groups is 1. The maximum absolute atomic E-state index is 14.7. The van der Waals surface area contributed by atoms with Crippen LogP contribution >= 0.6 is 0 Å². The van der Waals surface area contributed by atoms with Crippen LogP contribution in [0.5, 0.6) is 5.75 Å². The molecule has 1 aromatic heterocycles. The van der Waals surface area contributed by atoms with Crippen LogP contribution in [0, 0.1) is 17.3 Å². The highest BCUT2D eigenvalue weighted by Gasteiger charge is 2.40. The molecular weight excluding hydrogens is 835 g/mol. The smallest absolute Gasteiger partial charge is 0.324 e. The molecule has 0 aliphatic carbocycles. The number of esters is 1. The van der Waals surface area contributed by atoms with Crippen molar-refractivity contribution in [1.29, 1.82) is 0 Å². The Labute approximate surface area is 388 Å². The molecule has 3 aliphatic heterocycles. The number of benzene rings is 3. The van der Waals surface area contributed by atoms with Crippen molar-refractivity contribution in [1.82, 2.24) is 35.0 Å². The lowest BCUT2D eigenvalue weighted by Gasteiger charge is -2.37. The molecule has 3 aliphatic rings. The Morgan fingerprint density at radius 1 is 1.00 bits per heavy atom. The van der Waals surface area contributed by atoms with Gasteiger partial charge in [-0.3, -0.25) is 29.0 Å². The molecule has 0 spiro atoms. The molecule has 66 heavy (non-hydrogen) atoms. The fraction of sp³-hybridized carbons (Fsp3) is 0.481. The molecule has 2 saturated heterocycles. The Balaban J connectivity index is 1.30. The van der Waals surface area contributed by atoms with Crippen LogP contribution in [0.3, 0.4) is 0 Å². The van der Waals surface area contributed by atoms with Crippen molar-refractivity contribution in [2.24, 2.45) is 17.3 Å². The van der Waals surface area contributed by atoms with Gasteiger partial charge in [0.25, 0.3) is 5.91 Å². The normalized spacial score (nSPS) is 20.5. The molecule has 4 aromatic rings. The Morgan fingerprint density at radius 2 is 1.77 bits per heavy atom. The van der Waals surface area contributed by atoms with Gasteiger partial charge in [-0.1, -0.05) is 64.6 Å². The Hall–Kier alpha value is -5.99. The number of ether oxygens (including phenoxy) is 1. The van der Waals surface area contributed by atoms with E-state index in [0.717, 1.165) is 51.9 Å². The summed E-state index contributed by atoms with van der Waals surface area (Å²) >= 11 is 0. The highest BCUT2D eigenvalue weighted by Crippen LogP contribution is 2.41. The fourth-order valence-corrected chi connectivity index (χ4v) is 10.1. The van der Waals surface area contributed by atoms with Crippen molar-refractivity contribution in [2.75, 3.05) is 47.4 Å². The number of phenolic OH excluding ortho intramolecular Hbond substituents is 1. The number of phenols is 1. The minimum Gasteiger partial charge on any atom is -0.508 e. The second kappa shape index (κ2) is 19.9. The topological polar surface area (TPSA) is 157 Å². The van der Waals surface area contributed by atoms with E-state index in [-0.39, 0.29) is 49.6 Å². The van der Waals surface area contributed by atoms with E-state index in [1.165, 1.54) is 21.5 Å². The summed E-state index contributed by atoms with van der Waals surface area (Å²) in [6.45, 7) is 16.2. The summed E-state index contributed by atoms with van der Waals surface area (Å²) in [6, 6.07) is 17.4. The molecule has 4 heterocycles. The van der Waals surface area contributed by atoms with Crippen LogP contribution in [0.2, 0.25) is 0 Å². The number of likely N-dealkylation sites (N-methyl/N-ethyl adjacent to an activating group) is 1. The quantitative estimate of drug-likeness (QED) is 0.130. The van der Waals surface area contributed by atoms with Gasteiger partial charge in [0, 0.05) is 62.5 Å². The molecule has 7 rings (SSSR count). The average molecular weight is 902 g/mol. The summed E-state index contributed by atoms with van der Waals surface area (Å²) in [6.07, 6.45) is 3.27. The summed E-state index contributed by atoms with van der Waals surface area (Å²) in [7, 11) is 5.71. The molecule has 352 valence electrons. The van der Waals surface area contributed by atoms with Crippen molar-refractivity contribution in [2.45, 2.75) is 97.9 Å². The highest BCUT2D eigenvalue weighted by molar-refractivity contribution is 5.96. The summed E-state index contributed by atoms with van der Waals surface area (Å²) < 4.78 is 8.47. The number of carbonyl (C=O) groups excluding carboxylic acids is 5. The van der Waals surface area contributed by atoms with Crippen molar-refractivity contribution in [3.8, 4) is 28.1 Å². The van der Waals surface area contributed by atoms with E-state index in [0.29, 0.717) is 37.8 Å². The first-order valence-electron chi connectivity index (χ1n) is 23.3. The number of carbonyl (C=O) groups is 5. The van der Waals surface area contributed by atoms with Gasteiger partial charge in [0.15, 0.2) is 0 Å². The molecule has 6 bridgehead atoms. The summed E-state index contributed by atoms with van der Waals surface area (Å²) in [5.41, 5.74) is 10.4. The van der Waals surface area contributed by atoms with Crippen LogP contribution in [0.15, 0.2) is 73.3 Å². The number of likely N-dealkylation sites (tertiary alicyclic amines) is 1. The average Bonchev–Trinajstić information content (AvgIpc) is 3.89. The number of hydrazine groups is 1. The number of hydrogen-bond donors (Lipinski definition) is 3. The van der Waals surface area contributed by atoms with Crippen LogP contribution in [0.1, 0.15) is 70.6 Å². The van der Waals surface area contributed by atoms with E-state index in [2.05, 4.69) is 98.1 Å². The first-order chi connectivity index (χ1) is 31.4. The zero-order valence-corrected chi connectivity index (χ0v) is 39.9. The zero-order chi connectivity index (χ0) is 47.6. The third-order valence-electron chi connectivity index (χ3n) is 13.2. The third-order valence-corrected chi connectivity index (χ3v) is 13.2. The molecule has 3 N–H and O–H groups in total. The van der Waals surface area contributed by atoms with E-state index in [4.69, 9.17) is 4.74 Å². The van der Waals surface area contributed by atoms with E-state index < -0.39 is 47.2 Å². The molecule has 4 atom stereocenters. The van der Waals surface area contributed by atoms with Crippen molar-refractivity contribution in [3.63, 3.8) is 0 Å². The number of aromatic nitrogens is 1. The molecule has 1 unspecified atom stereocenters. The Morgan fingerprint density at radius 3 is 2.48 bits per heavy atom. The predicted molar refractivity (Wildman–Crippen MR) is 256 cm³/mol. The lowest BCUT2D eigenvalue weighted by Crippen LogP contribution is -2.62. The Bertz CT molecular complexity index is 2510. The number of nitrogens with one attached hydrogen (secondary N) is 2. The number of aryl methyl sites for hydroxylation is 1. The first-order valence-corrected chi connectivity index (χ1v) is 23.3. The van der Waals surface area contributed by atoms with Gasteiger partial charge >= 0.3 is 5.97 Å². The molecule has 0 saturated carbocycles. The SMILES string of the molecule is C=CC(=O)N1CC[C@H](C(=O)N(C)C(C(=O)N[C@H]2Cc3cc(O)cc(c3)-c3ccc4c(c3)c(c(-c3cccc(CN(C)C)c3)n4CC)CC(C)(C)COC(=O)[C@@H]3CCCN(N3)C2=O)C(C)C)C1. The largest absolute Gasteiger partial charge is 0.508 e. The van der Waals surface area contributed by atoms with Crippen molar-refractivity contribution in [3.05, 3.63) is 90.0 Å². The number of rotatable bonds is 10. The van der Waals surface area contributed by atoms with Gasteiger partial charge in [0.05, 0.1) is 18.2 Å². The third kappa shape index (κ3) is 10.3. The van der Waals surface area contributed by atoms with E-state index in [1.54, 1.807) is 24.1 Å². The fourth-order valence-electron chi connectivity index (χ4n) is 10.1. The molecule has 14 nitrogen and oxygen atoms in total. The number of cyclic esters (lactones) is 1. The Kier molecular flexibility index (Phi) is 14.4. The van der Waals surface area contributed by atoms with E-state index in [1.807, 2.05) is 26.0 Å². The van der Waals surface area contributed by atoms with Crippen LogP contribution in [0.25, 0.3) is 33.3 Å². The van der Waals surface area contributed by atoms with Gasteiger partial charge in [0.1, 0.15) is 23.9 Å². The number of amides is 4. The number of hydrogen-bond acceptors (Lipinski definition) is 9. The summed E-state index contributed by atoms with van der Waals surface area (Å²) in [5, 5.41) is 16.8. The summed E-state index contributed by atoms with van der Waals surface area (Å²) in [5.74, 6) is -2.78. The van der Waals surface area contributed by atoms with Gasteiger partial charge in [-0.2, -0.15) is 0 Å². The molecule has 4 amide bonds. The second-order valence-corrected chi connectivity index (χ2v) is 19.8. The van der Waals surface area contributed by atoms with E-state index >= 15 is 0 Å². The van der Waals surface area contributed by atoms with Gasteiger partial charge in [-0.05, 0) is 122 Å². The van der Waals surface area contributed by atoms with Gasteiger partial charge < -0.3 is 34.4 Å². The highest BCUT2D eigenvalue weighted by atomic mass is 16.5. The van der Waals surface area contributed by atoms with Crippen molar-refractivity contribution >= 4 is 40.5 Å². The second-order valence-electron chi connectivity index (χ2n) is 19.8. The number of fused-ring (bicyclic) bond motifs is 6. The van der Waals surface area contributed by atoms with E-state index in [9.17, 15) is 29.1 Å². The van der Waals surface area contributed by atoms with Gasteiger partial charge in [-0.25, -0.2) is 5.43 Å². The molecule has 0 radical (unpaired) electrons. The molecule has 3 aromatic carbocycles. The minimum atomic E-state index is -1.15. The van der Waals surface area contributed by atoms with Crippen molar-refractivity contribution < 1.29 is 33.8 Å². The standard InChI is InChI=1S/C52H67N7O7/c1-10-45(61)57-21-19-37(30-57)49(63)56(9)46(32(3)4)48(62)53-43-25-34-23-38(26-39(60)24-34)35-17-18-44-40(27-35)41(47(58(44)11-2)36-15-12-14-33(22-36)29-55(7)8)28-52(5,6)31-66-51(65)42-16-13-20-59(54-42)50(43)64/h10,12,14-15,17-18,22-24,26-27,32,37,42-43,46,54,60H,1,11,13,16,19-21,25,28-31H2,2-9H3,(H,53,62)/t37-,42-,43-,46?/m0/s1. The van der Waals surface area contributed by atoms with Crippen LogP contribution < -0.4 is 10.7 Å². The minimum absolute atomic E-state index is 0.00429. The van der Waals surface area contributed by atoms with Crippen LogP contribution in [-0.4, -0.2) is 124 Å². The zero-order valence-electron chi connectivity index (χ0n) is 39.9. The molecular formula is C52H67N7O7. The monoisotopic (exact) mass is 902 g/mol. The lowest BCUT2D eigenvalue weighted by atomic mass is 9.84. The molecule has 2 fully saturated rings. The maximum Gasteiger partial charge on any atom is 0.324 e. The van der Waals surface area contributed by atoms with Crippen LogP contribution in [0.4, 0.5) is 0 Å².